The van der Waals surface area contributed by atoms with Crippen LogP contribution in [-0.2, 0) is 10.0 Å². The van der Waals surface area contributed by atoms with Crippen LogP contribution >= 0.6 is 0 Å². The lowest BCUT2D eigenvalue weighted by Gasteiger charge is -2.17. The van der Waals surface area contributed by atoms with Crippen LogP contribution < -0.4 is 10.5 Å². The van der Waals surface area contributed by atoms with Gasteiger partial charge in [0.2, 0.25) is 10.0 Å². The van der Waals surface area contributed by atoms with Crippen LogP contribution in [0.2, 0.25) is 0 Å². The third kappa shape index (κ3) is 4.67. The summed E-state index contributed by atoms with van der Waals surface area (Å²) < 4.78 is 26.4. The molecule has 144 valence electrons. The Labute approximate surface area is 160 Å². The average molecular weight is 388 g/mol. The monoisotopic (exact) mass is 387 g/mol. The van der Waals surface area contributed by atoms with Gasteiger partial charge in [0.15, 0.2) is 0 Å². The van der Waals surface area contributed by atoms with Crippen molar-refractivity contribution in [3.8, 4) is 0 Å². The quantitative estimate of drug-likeness (QED) is 0.796. The van der Waals surface area contributed by atoms with Crippen molar-refractivity contribution >= 4 is 21.6 Å². The molecule has 2 aromatic rings. The smallest absolute Gasteiger partial charge is 0.254 e. The summed E-state index contributed by atoms with van der Waals surface area (Å²) in [7, 11) is -3.39. The number of nitrogens with one attached hydrogen (secondary N) is 1. The molecule has 0 saturated carbocycles. The molecule has 7 heteroatoms. The second-order valence-corrected chi connectivity index (χ2v) is 8.73. The van der Waals surface area contributed by atoms with Gasteiger partial charge in [0.05, 0.1) is 5.75 Å². The molecule has 1 saturated heterocycles. The Hall–Kier alpha value is -2.38. The van der Waals surface area contributed by atoms with Gasteiger partial charge in [-0.05, 0) is 30.2 Å². The van der Waals surface area contributed by atoms with Gasteiger partial charge in [-0.2, -0.15) is 0 Å². The van der Waals surface area contributed by atoms with Crippen LogP contribution in [0.3, 0.4) is 0 Å². The Morgan fingerprint density at radius 3 is 2.59 bits per heavy atom. The molecule has 2 atom stereocenters. The van der Waals surface area contributed by atoms with E-state index in [-0.39, 0.29) is 23.6 Å². The van der Waals surface area contributed by atoms with Crippen LogP contribution in [0.1, 0.15) is 35.2 Å². The second kappa shape index (κ2) is 8.10. The third-order valence-electron chi connectivity index (χ3n) is 4.74. The van der Waals surface area contributed by atoms with E-state index in [0.717, 1.165) is 5.56 Å². The molecule has 0 spiro atoms. The number of benzene rings is 2. The summed E-state index contributed by atoms with van der Waals surface area (Å²) in [4.78, 5) is 14.6. The van der Waals surface area contributed by atoms with Crippen LogP contribution in [0, 0.1) is 0 Å². The van der Waals surface area contributed by atoms with Gasteiger partial charge in [0, 0.05) is 36.3 Å². The van der Waals surface area contributed by atoms with Crippen molar-refractivity contribution in [3.05, 3.63) is 65.7 Å². The molecule has 1 aliphatic rings. The molecule has 2 aromatic carbocycles. The molecule has 1 fully saturated rings. The first-order chi connectivity index (χ1) is 12.9. The zero-order chi connectivity index (χ0) is 19.4. The summed E-state index contributed by atoms with van der Waals surface area (Å²) in [5, 5.41) is 0. The minimum atomic E-state index is -3.39. The number of carbonyl (C=O) groups excluding carboxylic acids is 1. The van der Waals surface area contributed by atoms with Crippen LogP contribution in [0.5, 0.6) is 0 Å². The van der Waals surface area contributed by atoms with Gasteiger partial charge in [-0.15, -0.1) is 0 Å². The number of rotatable bonds is 6. The molecule has 6 nitrogen and oxygen atoms in total. The lowest BCUT2D eigenvalue weighted by atomic mass is 9.95. The highest BCUT2D eigenvalue weighted by atomic mass is 32.2. The molecule has 0 radical (unpaired) electrons. The van der Waals surface area contributed by atoms with E-state index in [1.807, 2.05) is 30.3 Å². The van der Waals surface area contributed by atoms with Crippen molar-refractivity contribution in [2.75, 3.05) is 23.6 Å². The van der Waals surface area contributed by atoms with Crippen molar-refractivity contribution < 1.29 is 13.2 Å². The van der Waals surface area contributed by atoms with E-state index in [2.05, 4.69) is 4.72 Å². The predicted octanol–water partition coefficient (Wildman–Crippen LogP) is 2.41. The summed E-state index contributed by atoms with van der Waals surface area (Å²) in [6, 6.07) is 16.4. The molecule has 0 unspecified atom stereocenters. The molecular formula is C20H25N3O3S. The fourth-order valence-electron chi connectivity index (χ4n) is 3.45. The van der Waals surface area contributed by atoms with E-state index < -0.39 is 10.0 Å². The first kappa shape index (κ1) is 19.4. The lowest BCUT2D eigenvalue weighted by molar-refractivity contribution is 0.0789. The Balaban J connectivity index is 1.74. The first-order valence-corrected chi connectivity index (χ1v) is 10.7. The minimum Gasteiger partial charge on any atom is -0.336 e. The Bertz CT molecular complexity index is 900. The SMILES string of the molecule is CCCS(=O)(=O)Nc1cccc(C(=O)N2C[C@@H](N)[C@H](c3ccccc3)C2)c1. The number of amides is 1. The Morgan fingerprint density at radius 1 is 1.15 bits per heavy atom. The summed E-state index contributed by atoms with van der Waals surface area (Å²) in [5.41, 5.74) is 8.26. The maximum Gasteiger partial charge on any atom is 0.254 e. The number of anilines is 1. The van der Waals surface area contributed by atoms with Crippen molar-refractivity contribution in [1.29, 1.82) is 0 Å². The van der Waals surface area contributed by atoms with Gasteiger partial charge in [0.1, 0.15) is 0 Å². The van der Waals surface area contributed by atoms with E-state index in [9.17, 15) is 13.2 Å². The summed E-state index contributed by atoms with van der Waals surface area (Å²) in [6.45, 7) is 2.83. The summed E-state index contributed by atoms with van der Waals surface area (Å²) in [6.07, 6.45) is 0.528. The zero-order valence-electron chi connectivity index (χ0n) is 15.3. The van der Waals surface area contributed by atoms with Crippen molar-refractivity contribution in [2.45, 2.75) is 25.3 Å². The largest absolute Gasteiger partial charge is 0.336 e. The number of likely N-dealkylation sites (tertiary alicyclic amines) is 1. The molecule has 0 aliphatic carbocycles. The van der Waals surface area contributed by atoms with Gasteiger partial charge in [-0.3, -0.25) is 9.52 Å². The van der Waals surface area contributed by atoms with Crippen molar-refractivity contribution in [2.24, 2.45) is 5.73 Å². The second-order valence-electron chi connectivity index (χ2n) is 6.89. The fourth-order valence-corrected chi connectivity index (χ4v) is 4.57. The van der Waals surface area contributed by atoms with E-state index in [1.165, 1.54) is 0 Å². The van der Waals surface area contributed by atoms with Gasteiger partial charge < -0.3 is 10.6 Å². The van der Waals surface area contributed by atoms with Crippen LogP contribution in [0.4, 0.5) is 5.69 Å². The standard InChI is InChI=1S/C20H25N3O3S/c1-2-11-27(25,26)22-17-10-6-9-16(12-17)20(24)23-13-18(19(21)14-23)15-7-4-3-5-8-15/h3-10,12,18-19,22H,2,11,13-14,21H2,1H3/t18-,19+/m0/s1. The Morgan fingerprint density at radius 2 is 1.89 bits per heavy atom. The minimum absolute atomic E-state index is 0.0465. The van der Waals surface area contributed by atoms with Crippen LogP contribution in [-0.4, -0.2) is 44.1 Å². The number of nitrogens with zero attached hydrogens (tertiary/aromatic N) is 1. The molecule has 27 heavy (non-hydrogen) atoms. The number of hydrogen-bond donors (Lipinski definition) is 2. The maximum atomic E-state index is 12.9. The van der Waals surface area contributed by atoms with Crippen molar-refractivity contribution in [3.63, 3.8) is 0 Å². The van der Waals surface area contributed by atoms with Crippen LogP contribution in [0.25, 0.3) is 0 Å². The fraction of sp³-hybridized carbons (Fsp3) is 0.350. The summed E-state index contributed by atoms with van der Waals surface area (Å²) in [5.74, 6) is 0.00655. The molecule has 1 aliphatic heterocycles. The highest BCUT2D eigenvalue weighted by Gasteiger charge is 2.34. The van der Waals surface area contributed by atoms with Gasteiger partial charge in [-0.25, -0.2) is 8.42 Å². The highest BCUT2D eigenvalue weighted by molar-refractivity contribution is 7.92. The van der Waals surface area contributed by atoms with Crippen molar-refractivity contribution in [1.82, 2.24) is 4.90 Å². The zero-order valence-corrected chi connectivity index (χ0v) is 16.2. The van der Waals surface area contributed by atoms with E-state index in [0.29, 0.717) is 30.8 Å². The average Bonchev–Trinajstić information content (AvgIpc) is 3.03. The molecular weight excluding hydrogens is 362 g/mol. The molecule has 0 bridgehead atoms. The first-order valence-electron chi connectivity index (χ1n) is 9.10. The van der Waals surface area contributed by atoms with E-state index >= 15 is 0 Å². The molecule has 0 aromatic heterocycles. The van der Waals surface area contributed by atoms with Gasteiger partial charge in [0.25, 0.3) is 5.91 Å². The maximum absolute atomic E-state index is 12.9. The third-order valence-corrected chi connectivity index (χ3v) is 6.23. The Kier molecular flexibility index (Phi) is 5.82. The van der Waals surface area contributed by atoms with Crippen LogP contribution in [0.15, 0.2) is 54.6 Å². The number of carbonyl (C=O) groups is 1. The highest BCUT2D eigenvalue weighted by Crippen LogP contribution is 2.27. The molecule has 3 rings (SSSR count). The normalized spacial score (nSPS) is 19.9. The molecule has 3 N–H and O–H groups in total. The molecule has 1 amide bonds. The number of hydrogen-bond acceptors (Lipinski definition) is 4. The molecule has 1 heterocycles. The topological polar surface area (TPSA) is 92.5 Å². The lowest BCUT2D eigenvalue weighted by Crippen LogP contribution is -2.32. The van der Waals surface area contributed by atoms with E-state index in [1.54, 1.807) is 36.1 Å². The number of nitrogens with two attached hydrogens (primary N) is 1. The number of sulfonamides is 1. The summed E-state index contributed by atoms with van der Waals surface area (Å²) >= 11 is 0. The van der Waals surface area contributed by atoms with Gasteiger partial charge >= 0.3 is 0 Å². The van der Waals surface area contributed by atoms with Gasteiger partial charge in [-0.1, -0.05) is 43.3 Å². The van der Waals surface area contributed by atoms with E-state index in [4.69, 9.17) is 5.73 Å². The predicted molar refractivity (Wildman–Crippen MR) is 107 cm³/mol.